The van der Waals surface area contributed by atoms with E-state index in [1.807, 2.05) is 45.0 Å². The fraction of sp³-hybridized carbons (Fsp3) is 0.500. The van der Waals surface area contributed by atoms with Crippen LogP contribution in [0.25, 0.3) is 0 Å². The van der Waals surface area contributed by atoms with E-state index in [9.17, 15) is 4.79 Å². The molecule has 0 aliphatic heterocycles. The Morgan fingerprint density at radius 1 is 1.39 bits per heavy atom. The molecule has 1 fully saturated rings. The van der Waals surface area contributed by atoms with Crippen molar-refractivity contribution in [2.24, 2.45) is 0 Å². The molecule has 1 aromatic rings. The molecule has 3 nitrogen and oxygen atoms in total. The van der Waals surface area contributed by atoms with Gasteiger partial charge in [0.05, 0.1) is 0 Å². The van der Waals surface area contributed by atoms with Gasteiger partial charge in [-0.2, -0.15) is 0 Å². The zero-order valence-corrected chi connectivity index (χ0v) is 12.5. The van der Waals surface area contributed by atoms with Crippen molar-refractivity contribution in [3.8, 4) is 0 Å². The number of carbonyl (C=O) groups excluding carboxylic acids is 1. The zero-order valence-electron chi connectivity index (χ0n) is 10.9. The van der Waals surface area contributed by atoms with Gasteiger partial charge < -0.3 is 4.74 Å². The minimum atomic E-state index is -0.462. The maximum atomic E-state index is 12.2. The summed E-state index contributed by atoms with van der Waals surface area (Å²) in [4.78, 5) is 14.0. The summed E-state index contributed by atoms with van der Waals surface area (Å²) in [6, 6.07) is 8.05. The molecule has 2 rings (SSSR count). The van der Waals surface area contributed by atoms with E-state index >= 15 is 0 Å². The lowest BCUT2D eigenvalue weighted by Gasteiger charge is -2.27. The smallest absolute Gasteiger partial charge is 0.415 e. The highest BCUT2D eigenvalue weighted by Crippen LogP contribution is 2.34. The molecular formula is C14H18BrNO2. The van der Waals surface area contributed by atoms with Gasteiger partial charge in [-0.15, -0.1) is 0 Å². The lowest BCUT2D eigenvalue weighted by Crippen LogP contribution is -2.38. The summed E-state index contributed by atoms with van der Waals surface area (Å²) in [5.74, 6) is 0. The van der Waals surface area contributed by atoms with Crippen molar-refractivity contribution in [1.82, 2.24) is 0 Å². The first-order chi connectivity index (χ1) is 8.37. The number of anilines is 1. The van der Waals surface area contributed by atoms with E-state index in [1.54, 1.807) is 4.90 Å². The number of halogens is 1. The second kappa shape index (κ2) is 4.92. The molecule has 0 unspecified atom stereocenters. The quantitative estimate of drug-likeness (QED) is 0.812. The molecule has 98 valence electrons. The average Bonchev–Trinajstić information content (AvgIpc) is 2.99. The van der Waals surface area contributed by atoms with E-state index in [0.717, 1.165) is 23.0 Å². The molecule has 0 saturated heterocycles. The monoisotopic (exact) mass is 311 g/mol. The molecule has 4 heteroatoms. The third kappa shape index (κ3) is 3.48. The Bertz CT molecular complexity index is 449. The summed E-state index contributed by atoms with van der Waals surface area (Å²) in [5.41, 5.74) is 0.428. The molecule has 0 radical (unpaired) electrons. The van der Waals surface area contributed by atoms with Gasteiger partial charge in [-0.25, -0.2) is 4.79 Å². The number of carbonyl (C=O) groups is 1. The van der Waals surface area contributed by atoms with Crippen LogP contribution in [0.15, 0.2) is 28.7 Å². The number of rotatable bonds is 2. The third-order valence-electron chi connectivity index (χ3n) is 2.59. The summed E-state index contributed by atoms with van der Waals surface area (Å²) in [6.07, 6.45) is 1.83. The van der Waals surface area contributed by atoms with E-state index in [2.05, 4.69) is 15.9 Å². The fourth-order valence-corrected chi connectivity index (χ4v) is 2.12. The minimum absolute atomic E-state index is 0.261. The van der Waals surface area contributed by atoms with Crippen LogP contribution in [0.2, 0.25) is 0 Å². The summed E-state index contributed by atoms with van der Waals surface area (Å²) in [6.45, 7) is 5.66. The summed E-state index contributed by atoms with van der Waals surface area (Å²) >= 11 is 3.43. The SMILES string of the molecule is CC(C)(C)OC(=O)N(c1cccc(Br)c1)C1CC1. The molecule has 0 spiro atoms. The van der Waals surface area contributed by atoms with E-state index in [4.69, 9.17) is 4.74 Å². The van der Waals surface area contributed by atoms with Gasteiger partial charge in [0.1, 0.15) is 5.60 Å². The van der Waals surface area contributed by atoms with Gasteiger partial charge >= 0.3 is 6.09 Å². The van der Waals surface area contributed by atoms with Gasteiger partial charge in [0.15, 0.2) is 0 Å². The van der Waals surface area contributed by atoms with Gasteiger partial charge in [-0.05, 0) is 51.8 Å². The normalized spacial score (nSPS) is 15.3. The Balaban J connectivity index is 2.21. The molecule has 1 amide bonds. The molecule has 1 aromatic carbocycles. The Morgan fingerprint density at radius 2 is 2.06 bits per heavy atom. The summed E-state index contributed by atoms with van der Waals surface area (Å²) < 4.78 is 6.43. The lowest BCUT2D eigenvalue weighted by atomic mass is 10.2. The van der Waals surface area contributed by atoms with E-state index in [0.29, 0.717) is 0 Å². The Hall–Kier alpha value is -1.03. The van der Waals surface area contributed by atoms with E-state index in [-0.39, 0.29) is 12.1 Å². The van der Waals surface area contributed by atoms with Crippen molar-refractivity contribution in [2.45, 2.75) is 45.3 Å². The highest BCUT2D eigenvalue weighted by molar-refractivity contribution is 9.10. The molecule has 0 N–H and O–H groups in total. The van der Waals surface area contributed by atoms with Crippen LogP contribution < -0.4 is 4.90 Å². The lowest BCUT2D eigenvalue weighted by molar-refractivity contribution is 0.0578. The Kier molecular flexibility index (Phi) is 3.66. The molecule has 1 aliphatic carbocycles. The minimum Gasteiger partial charge on any atom is -0.443 e. The predicted octanol–water partition coefficient (Wildman–Crippen LogP) is 4.35. The topological polar surface area (TPSA) is 29.5 Å². The Morgan fingerprint density at radius 3 is 2.56 bits per heavy atom. The van der Waals surface area contributed by atoms with Gasteiger partial charge in [-0.3, -0.25) is 4.90 Å². The van der Waals surface area contributed by atoms with Crippen LogP contribution in [0.3, 0.4) is 0 Å². The van der Waals surface area contributed by atoms with Crippen LogP contribution >= 0.6 is 15.9 Å². The van der Waals surface area contributed by atoms with Crippen molar-refractivity contribution in [1.29, 1.82) is 0 Å². The summed E-state index contributed by atoms with van der Waals surface area (Å²) in [5, 5.41) is 0. The van der Waals surface area contributed by atoms with E-state index in [1.165, 1.54) is 0 Å². The third-order valence-corrected chi connectivity index (χ3v) is 3.08. The largest absolute Gasteiger partial charge is 0.443 e. The van der Waals surface area contributed by atoms with Gasteiger partial charge in [0, 0.05) is 16.2 Å². The van der Waals surface area contributed by atoms with Crippen LogP contribution in [0, 0.1) is 0 Å². The number of hydrogen-bond acceptors (Lipinski definition) is 2. The van der Waals surface area contributed by atoms with Crippen molar-refractivity contribution in [2.75, 3.05) is 4.90 Å². The molecule has 1 aliphatic rings. The average molecular weight is 312 g/mol. The highest BCUT2D eigenvalue weighted by atomic mass is 79.9. The maximum Gasteiger partial charge on any atom is 0.415 e. The standard InChI is InChI=1S/C14H18BrNO2/c1-14(2,3)18-13(17)16(11-7-8-11)12-6-4-5-10(15)9-12/h4-6,9,11H,7-8H2,1-3H3. The zero-order chi connectivity index (χ0) is 13.3. The first kappa shape index (κ1) is 13.4. The molecule has 0 aromatic heterocycles. The van der Waals surface area contributed by atoms with Crippen molar-refractivity contribution in [3.05, 3.63) is 28.7 Å². The van der Waals surface area contributed by atoms with Gasteiger partial charge in [0.2, 0.25) is 0 Å². The molecule has 0 bridgehead atoms. The number of nitrogens with zero attached hydrogens (tertiary/aromatic N) is 1. The van der Waals surface area contributed by atoms with Crippen molar-refractivity contribution in [3.63, 3.8) is 0 Å². The molecule has 18 heavy (non-hydrogen) atoms. The number of benzene rings is 1. The fourth-order valence-electron chi connectivity index (χ4n) is 1.74. The van der Waals surface area contributed by atoms with Crippen molar-refractivity contribution >= 4 is 27.7 Å². The second-order valence-corrected chi connectivity index (χ2v) is 6.48. The van der Waals surface area contributed by atoms with Crippen LogP contribution in [-0.4, -0.2) is 17.7 Å². The second-order valence-electron chi connectivity index (χ2n) is 5.56. The predicted molar refractivity (Wildman–Crippen MR) is 75.9 cm³/mol. The van der Waals surface area contributed by atoms with Crippen LogP contribution in [-0.2, 0) is 4.74 Å². The molecular weight excluding hydrogens is 294 g/mol. The number of ether oxygens (including phenoxy) is 1. The number of hydrogen-bond donors (Lipinski definition) is 0. The maximum absolute atomic E-state index is 12.2. The summed E-state index contributed by atoms with van der Waals surface area (Å²) in [7, 11) is 0. The van der Waals surface area contributed by atoms with Gasteiger partial charge in [-0.1, -0.05) is 22.0 Å². The van der Waals surface area contributed by atoms with Crippen LogP contribution in [0.1, 0.15) is 33.6 Å². The molecule has 0 heterocycles. The van der Waals surface area contributed by atoms with Gasteiger partial charge in [0.25, 0.3) is 0 Å². The first-order valence-electron chi connectivity index (χ1n) is 6.14. The van der Waals surface area contributed by atoms with Crippen LogP contribution in [0.5, 0.6) is 0 Å². The Labute approximate surface area is 116 Å². The first-order valence-corrected chi connectivity index (χ1v) is 6.94. The molecule has 0 atom stereocenters. The molecule has 1 saturated carbocycles. The van der Waals surface area contributed by atoms with Crippen LogP contribution in [0.4, 0.5) is 10.5 Å². The van der Waals surface area contributed by atoms with E-state index < -0.39 is 5.60 Å². The van der Waals surface area contributed by atoms with Crippen molar-refractivity contribution < 1.29 is 9.53 Å². The number of amides is 1. The highest BCUT2D eigenvalue weighted by Gasteiger charge is 2.36.